The van der Waals surface area contributed by atoms with E-state index in [1.165, 1.54) is 12.3 Å². The molecule has 0 aliphatic carbocycles. The third kappa shape index (κ3) is 5.06. The summed E-state index contributed by atoms with van der Waals surface area (Å²) in [5, 5.41) is 6.59. The van der Waals surface area contributed by atoms with Gasteiger partial charge in [-0.3, -0.25) is 4.79 Å². The number of hydrogen-bond acceptors (Lipinski definition) is 4. The molecule has 23 heavy (non-hydrogen) atoms. The van der Waals surface area contributed by atoms with Crippen LogP contribution in [0.25, 0.3) is 0 Å². The monoisotopic (exact) mass is 319 g/mol. The van der Waals surface area contributed by atoms with E-state index in [1.807, 2.05) is 0 Å². The van der Waals surface area contributed by atoms with Crippen LogP contribution in [0.4, 0.5) is 14.5 Å². The van der Waals surface area contributed by atoms with Crippen molar-refractivity contribution in [2.45, 2.75) is 0 Å². The van der Waals surface area contributed by atoms with Crippen LogP contribution in [0.2, 0.25) is 0 Å². The molecule has 7 heteroatoms. The van der Waals surface area contributed by atoms with Crippen molar-refractivity contribution in [3.63, 3.8) is 0 Å². The lowest BCUT2D eigenvalue weighted by Gasteiger charge is -2.06. The Morgan fingerprint density at radius 2 is 1.91 bits per heavy atom. The lowest BCUT2D eigenvalue weighted by Crippen LogP contribution is -2.25. The average molecular weight is 319 g/mol. The molecule has 2 aromatic rings. The first-order valence-electron chi connectivity index (χ1n) is 6.73. The summed E-state index contributed by atoms with van der Waals surface area (Å²) in [5.74, 6) is -1.56. The van der Waals surface area contributed by atoms with E-state index in [4.69, 9.17) is 4.74 Å². The van der Waals surface area contributed by atoms with Crippen molar-refractivity contribution in [3.05, 3.63) is 59.7 Å². The predicted octanol–water partition coefficient (Wildman–Crippen LogP) is 2.54. The van der Waals surface area contributed by atoms with Crippen molar-refractivity contribution in [2.75, 3.05) is 19.0 Å². The molecular weight excluding hydrogens is 304 g/mol. The summed E-state index contributed by atoms with van der Waals surface area (Å²) in [7, 11) is 1.57. The fourth-order valence-corrected chi connectivity index (χ4v) is 1.70. The Morgan fingerprint density at radius 3 is 2.57 bits per heavy atom. The smallest absolute Gasteiger partial charge is 0.259 e. The Kier molecular flexibility index (Phi) is 5.62. The summed E-state index contributed by atoms with van der Waals surface area (Å²) in [6, 6.07) is 10.4. The molecule has 2 rings (SSSR count). The van der Waals surface area contributed by atoms with E-state index in [2.05, 4.69) is 15.8 Å². The molecule has 0 aromatic heterocycles. The van der Waals surface area contributed by atoms with Crippen LogP contribution >= 0.6 is 0 Å². The van der Waals surface area contributed by atoms with Crippen molar-refractivity contribution in [3.8, 4) is 5.75 Å². The van der Waals surface area contributed by atoms with E-state index in [0.29, 0.717) is 5.56 Å². The van der Waals surface area contributed by atoms with E-state index >= 15 is 0 Å². The second-order valence-corrected chi connectivity index (χ2v) is 4.55. The van der Waals surface area contributed by atoms with Gasteiger partial charge in [0.25, 0.3) is 5.91 Å². The van der Waals surface area contributed by atoms with Crippen molar-refractivity contribution in [1.82, 2.24) is 5.43 Å². The number of amides is 1. The van der Waals surface area contributed by atoms with Gasteiger partial charge in [-0.1, -0.05) is 6.07 Å². The average Bonchev–Trinajstić information content (AvgIpc) is 2.56. The van der Waals surface area contributed by atoms with Crippen molar-refractivity contribution in [2.24, 2.45) is 5.10 Å². The van der Waals surface area contributed by atoms with Crippen LogP contribution in [-0.4, -0.2) is 25.8 Å². The van der Waals surface area contributed by atoms with Gasteiger partial charge in [-0.15, -0.1) is 0 Å². The number of halogens is 2. The highest BCUT2D eigenvalue weighted by molar-refractivity contribution is 5.84. The topological polar surface area (TPSA) is 62.7 Å². The molecule has 0 saturated carbocycles. The minimum Gasteiger partial charge on any atom is -0.497 e. The molecular formula is C16H15F2N3O2. The third-order valence-corrected chi connectivity index (χ3v) is 2.89. The van der Waals surface area contributed by atoms with Gasteiger partial charge >= 0.3 is 0 Å². The molecule has 0 bridgehead atoms. The number of benzene rings is 2. The zero-order chi connectivity index (χ0) is 16.7. The number of hydrazone groups is 1. The summed E-state index contributed by atoms with van der Waals surface area (Å²) in [5.41, 5.74) is 3.38. The van der Waals surface area contributed by atoms with Gasteiger partial charge in [0.15, 0.2) is 11.6 Å². The molecule has 0 saturated heterocycles. The summed E-state index contributed by atoms with van der Waals surface area (Å²) < 4.78 is 30.8. The normalized spacial score (nSPS) is 10.6. The highest BCUT2D eigenvalue weighted by Gasteiger charge is 2.02. The molecule has 2 N–H and O–H groups in total. The Bertz CT molecular complexity index is 703. The van der Waals surface area contributed by atoms with Gasteiger partial charge in [0.1, 0.15) is 5.75 Å². The maximum absolute atomic E-state index is 13.0. The van der Waals surface area contributed by atoms with Crippen molar-refractivity contribution < 1.29 is 18.3 Å². The van der Waals surface area contributed by atoms with Crippen molar-refractivity contribution in [1.29, 1.82) is 0 Å². The molecule has 2 aromatic carbocycles. The number of ether oxygens (including phenoxy) is 1. The SMILES string of the molecule is COc1ccc(NCC(=O)N/N=C\c2ccc(F)c(F)c2)cc1. The molecule has 120 valence electrons. The Morgan fingerprint density at radius 1 is 1.17 bits per heavy atom. The Labute approximate surface area is 132 Å². The van der Waals surface area contributed by atoms with Crippen LogP contribution in [0.3, 0.4) is 0 Å². The van der Waals surface area contributed by atoms with Gasteiger partial charge in [0.2, 0.25) is 0 Å². The third-order valence-electron chi connectivity index (χ3n) is 2.89. The van der Waals surface area contributed by atoms with Gasteiger partial charge in [-0.25, -0.2) is 14.2 Å². The summed E-state index contributed by atoms with van der Waals surface area (Å²) in [6.07, 6.45) is 1.23. The van der Waals surface area contributed by atoms with Crippen molar-refractivity contribution >= 4 is 17.8 Å². The van der Waals surface area contributed by atoms with Gasteiger partial charge < -0.3 is 10.1 Å². The summed E-state index contributed by atoms with van der Waals surface area (Å²) >= 11 is 0. The van der Waals surface area contributed by atoms with Crippen LogP contribution in [0, 0.1) is 11.6 Å². The highest BCUT2D eigenvalue weighted by atomic mass is 19.2. The molecule has 0 aliphatic heterocycles. The zero-order valence-electron chi connectivity index (χ0n) is 12.3. The van der Waals surface area contributed by atoms with E-state index in [-0.39, 0.29) is 12.5 Å². The first kappa shape index (κ1) is 16.4. The molecule has 0 radical (unpaired) electrons. The summed E-state index contributed by atoms with van der Waals surface area (Å²) in [6.45, 7) is 0.0153. The molecule has 1 amide bonds. The minimum atomic E-state index is -0.971. The van der Waals surface area contributed by atoms with E-state index < -0.39 is 11.6 Å². The number of nitrogens with zero attached hydrogens (tertiary/aromatic N) is 1. The second kappa shape index (κ2) is 7.88. The Balaban J connectivity index is 1.79. The standard InChI is InChI=1S/C16H15F2N3O2/c1-23-13-5-3-12(4-6-13)19-10-16(22)21-20-9-11-2-7-14(17)15(18)8-11/h2-9,19H,10H2,1H3,(H,21,22)/b20-9-. The fraction of sp³-hybridized carbons (Fsp3) is 0.125. The first-order chi connectivity index (χ1) is 11.1. The molecule has 0 atom stereocenters. The molecule has 0 heterocycles. The molecule has 0 spiro atoms. The molecule has 0 unspecified atom stereocenters. The number of carbonyl (C=O) groups excluding carboxylic acids is 1. The molecule has 0 aliphatic rings. The maximum Gasteiger partial charge on any atom is 0.259 e. The van der Waals surface area contributed by atoms with Crippen LogP contribution in [-0.2, 0) is 4.79 Å². The number of rotatable bonds is 6. The largest absolute Gasteiger partial charge is 0.497 e. The minimum absolute atomic E-state index is 0.0153. The van der Waals surface area contributed by atoms with Gasteiger partial charge in [0, 0.05) is 5.69 Å². The number of nitrogens with one attached hydrogen (secondary N) is 2. The van der Waals surface area contributed by atoms with Crippen LogP contribution in [0.15, 0.2) is 47.6 Å². The molecule has 0 fully saturated rings. The van der Waals surface area contributed by atoms with E-state index in [1.54, 1.807) is 31.4 Å². The van der Waals surface area contributed by atoms with Gasteiger partial charge in [0.05, 0.1) is 19.9 Å². The Hall–Kier alpha value is -2.96. The first-order valence-corrected chi connectivity index (χ1v) is 6.73. The highest BCUT2D eigenvalue weighted by Crippen LogP contribution is 2.14. The van der Waals surface area contributed by atoms with Crippen LogP contribution in [0.1, 0.15) is 5.56 Å². The van der Waals surface area contributed by atoms with Gasteiger partial charge in [-0.05, 0) is 42.0 Å². The zero-order valence-corrected chi connectivity index (χ0v) is 12.3. The number of carbonyl (C=O) groups is 1. The number of anilines is 1. The summed E-state index contributed by atoms with van der Waals surface area (Å²) in [4.78, 5) is 11.6. The lowest BCUT2D eigenvalue weighted by molar-refractivity contribution is -0.119. The lowest BCUT2D eigenvalue weighted by atomic mass is 10.2. The van der Waals surface area contributed by atoms with Gasteiger partial charge in [-0.2, -0.15) is 5.10 Å². The fourth-order valence-electron chi connectivity index (χ4n) is 1.70. The number of hydrogen-bond donors (Lipinski definition) is 2. The predicted molar refractivity (Wildman–Crippen MR) is 83.6 cm³/mol. The van der Waals surface area contributed by atoms with Crippen LogP contribution < -0.4 is 15.5 Å². The quantitative estimate of drug-likeness (QED) is 0.635. The van der Waals surface area contributed by atoms with Crippen LogP contribution in [0.5, 0.6) is 5.75 Å². The maximum atomic E-state index is 13.0. The van der Waals surface area contributed by atoms with E-state index in [9.17, 15) is 13.6 Å². The van der Waals surface area contributed by atoms with E-state index in [0.717, 1.165) is 23.6 Å². The second-order valence-electron chi connectivity index (χ2n) is 4.55. The molecule has 5 nitrogen and oxygen atoms in total. The number of methoxy groups -OCH3 is 1.